The predicted molar refractivity (Wildman–Crippen MR) is 155 cm³/mol. The summed E-state index contributed by atoms with van der Waals surface area (Å²) in [5.41, 5.74) is 2.86. The van der Waals surface area contributed by atoms with E-state index in [2.05, 4.69) is 5.32 Å². The van der Waals surface area contributed by atoms with E-state index in [1.54, 1.807) is 26.4 Å². The molecule has 1 amide bonds. The third-order valence-corrected chi connectivity index (χ3v) is 7.48. The molecule has 0 spiro atoms. The molecule has 0 saturated carbocycles. The number of ether oxygens (including phenoxy) is 3. The standard InChI is InChI=1S/C31H28N2O5S/c1-4-5-16-38-31(35)28-21-11-7-9-13-27(21)39-30(28)33-29(34)22-18-24(32-23-12-8-6-10-20(22)23)19-14-15-25(36-2)26(17-19)37-3/h6-15,17-18H,4-5,16H2,1-3H3,(H,33,34). The molecule has 0 bridgehead atoms. The fourth-order valence-corrected chi connectivity index (χ4v) is 5.48. The second-order valence-electron chi connectivity index (χ2n) is 8.89. The van der Waals surface area contributed by atoms with E-state index in [1.165, 1.54) is 11.3 Å². The van der Waals surface area contributed by atoms with Crippen molar-refractivity contribution in [2.45, 2.75) is 19.8 Å². The first-order valence-corrected chi connectivity index (χ1v) is 13.5. The molecule has 0 atom stereocenters. The second kappa shape index (κ2) is 11.5. The van der Waals surface area contributed by atoms with E-state index in [9.17, 15) is 9.59 Å². The van der Waals surface area contributed by atoms with E-state index in [-0.39, 0.29) is 5.91 Å². The third-order valence-electron chi connectivity index (χ3n) is 6.40. The Bertz CT molecular complexity index is 1680. The van der Waals surface area contributed by atoms with Crippen LogP contribution in [0.5, 0.6) is 11.5 Å². The van der Waals surface area contributed by atoms with Crippen LogP contribution >= 0.6 is 11.3 Å². The summed E-state index contributed by atoms with van der Waals surface area (Å²) in [5, 5.41) is 4.92. The molecule has 3 aromatic carbocycles. The van der Waals surface area contributed by atoms with Gasteiger partial charge in [0.2, 0.25) is 0 Å². The predicted octanol–water partition coefficient (Wildman–Crippen LogP) is 7.34. The first-order chi connectivity index (χ1) is 19.0. The maximum Gasteiger partial charge on any atom is 0.341 e. The topological polar surface area (TPSA) is 86.8 Å². The number of para-hydroxylation sites is 1. The summed E-state index contributed by atoms with van der Waals surface area (Å²) in [4.78, 5) is 31.7. The van der Waals surface area contributed by atoms with Gasteiger partial charge >= 0.3 is 5.97 Å². The molecule has 8 heteroatoms. The number of carbonyl (C=O) groups is 2. The van der Waals surface area contributed by atoms with Crippen molar-refractivity contribution in [2.75, 3.05) is 26.1 Å². The molecular formula is C31H28N2O5S. The van der Waals surface area contributed by atoms with Gasteiger partial charge in [-0.25, -0.2) is 9.78 Å². The number of hydrogen-bond acceptors (Lipinski definition) is 7. The number of esters is 1. The normalized spacial score (nSPS) is 10.9. The molecule has 39 heavy (non-hydrogen) atoms. The van der Waals surface area contributed by atoms with Gasteiger partial charge in [-0.05, 0) is 42.8 Å². The van der Waals surface area contributed by atoms with E-state index in [0.29, 0.717) is 50.8 Å². The van der Waals surface area contributed by atoms with Gasteiger partial charge in [0.1, 0.15) is 10.6 Å². The van der Waals surface area contributed by atoms with Gasteiger partial charge in [0.25, 0.3) is 5.91 Å². The van der Waals surface area contributed by atoms with Gasteiger partial charge in [0.15, 0.2) is 11.5 Å². The van der Waals surface area contributed by atoms with Crippen LogP contribution in [0, 0.1) is 0 Å². The Morgan fingerprint density at radius 2 is 1.64 bits per heavy atom. The van der Waals surface area contributed by atoms with Crippen molar-refractivity contribution in [1.82, 2.24) is 4.98 Å². The van der Waals surface area contributed by atoms with E-state index in [1.807, 2.05) is 67.6 Å². The monoisotopic (exact) mass is 540 g/mol. The van der Waals surface area contributed by atoms with E-state index >= 15 is 0 Å². The molecule has 0 unspecified atom stereocenters. The molecule has 2 heterocycles. The number of unbranched alkanes of at least 4 members (excludes halogenated alkanes) is 1. The molecule has 1 N–H and O–H groups in total. The zero-order valence-electron chi connectivity index (χ0n) is 21.9. The Morgan fingerprint density at radius 1 is 0.897 bits per heavy atom. The molecule has 5 aromatic rings. The lowest BCUT2D eigenvalue weighted by atomic mass is 10.0. The summed E-state index contributed by atoms with van der Waals surface area (Å²) in [6, 6.07) is 22.3. The number of thiophene rings is 1. The average Bonchev–Trinajstić information content (AvgIpc) is 3.34. The fraction of sp³-hybridized carbons (Fsp3) is 0.194. The maximum absolute atomic E-state index is 13.8. The largest absolute Gasteiger partial charge is 0.493 e. The number of pyridine rings is 1. The van der Waals surface area contributed by atoms with Crippen LogP contribution in [0.25, 0.3) is 32.2 Å². The number of aromatic nitrogens is 1. The Kier molecular flexibility index (Phi) is 7.74. The molecular weight excluding hydrogens is 512 g/mol. The van der Waals surface area contributed by atoms with E-state index < -0.39 is 5.97 Å². The van der Waals surface area contributed by atoms with Gasteiger partial charge in [0.05, 0.1) is 37.6 Å². The second-order valence-corrected chi connectivity index (χ2v) is 9.94. The Morgan fingerprint density at radius 3 is 2.41 bits per heavy atom. The quantitative estimate of drug-likeness (QED) is 0.155. The van der Waals surface area contributed by atoms with Crippen molar-refractivity contribution in [2.24, 2.45) is 0 Å². The van der Waals surface area contributed by atoms with Gasteiger partial charge in [0, 0.05) is 21.0 Å². The number of anilines is 1. The Balaban J connectivity index is 1.57. The molecule has 7 nitrogen and oxygen atoms in total. The minimum atomic E-state index is -0.443. The number of hydrogen-bond donors (Lipinski definition) is 1. The van der Waals surface area contributed by atoms with Crippen LogP contribution < -0.4 is 14.8 Å². The van der Waals surface area contributed by atoms with Crippen LogP contribution in [0.4, 0.5) is 5.00 Å². The minimum Gasteiger partial charge on any atom is -0.493 e. The highest BCUT2D eigenvalue weighted by Gasteiger charge is 2.23. The van der Waals surface area contributed by atoms with Crippen molar-refractivity contribution in [3.63, 3.8) is 0 Å². The van der Waals surface area contributed by atoms with Crippen LogP contribution in [0.1, 0.15) is 40.5 Å². The first-order valence-electron chi connectivity index (χ1n) is 12.7. The summed E-state index contributed by atoms with van der Waals surface area (Å²) in [6.07, 6.45) is 1.69. The number of rotatable bonds is 9. The highest BCUT2D eigenvalue weighted by atomic mass is 32.1. The van der Waals surface area contributed by atoms with Crippen LogP contribution in [-0.4, -0.2) is 37.7 Å². The van der Waals surface area contributed by atoms with Crippen LogP contribution in [0.3, 0.4) is 0 Å². The number of nitrogens with one attached hydrogen (secondary N) is 1. The first kappa shape index (κ1) is 26.2. The van der Waals surface area contributed by atoms with Crippen molar-refractivity contribution in [1.29, 1.82) is 0 Å². The molecule has 0 saturated heterocycles. The SMILES string of the molecule is CCCCOC(=O)c1c(NC(=O)c2cc(-c3ccc(OC)c(OC)c3)nc3ccccc23)sc2ccccc12. The van der Waals surface area contributed by atoms with Gasteiger partial charge in [-0.15, -0.1) is 11.3 Å². The summed E-state index contributed by atoms with van der Waals surface area (Å²) < 4.78 is 17.3. The lowest BCUT2D eigenvalue weighted by molar-refractivity contribution is 0.0503. The zero-order chi connectivity index (χ0) is 27.4. The lowest BCUT2D eigenvalue weighted by Crippen LogP contribution is -2.15. The molecule has 2 aromatic heterocycles. The van der Waals surface area contributed by atoms with Crippen molar-refractivity contribution in [3.05, 3.63) is 83.9 Å². The van der Waals surface area contributed by atoms with Crippen molar-refractivity contribution < 1.29 is 23.8 Å². The minimum absolute atomic E-state index is 0.330. The van der Waals surface area contributed by atoms with E-state index in [4.69, 9.17) is 19.2 Å². The molecule has 0 radical (unpaired) electrons. The Hall–Kier alpha value is -4.43. The lowest BCUT2D eigenvalue weighted by Gasteiger charge is -2.13. The van der Waals surface area contributed by atoms with Crippen LogP contribution in [0.15, 0.2) is 72.8 Å². The van der Waals surface area contributed by atoms with Crippen LogP contribution in [-0.2, 0) is 4.74 Å². The smallest absolute Gasteiger partial charge is 0.341 e. The number of methoxy groups -OCH3 is 2. The van der Waals surface area contributed by atoms with Gasteiger partial charge < -0.3 is 19.5 Å². The van der Waals surface area contributed by atoms with Crippen LogP contribution in [0.2, 0.25) is 0 Å². The molecule has 0 fully saturated rings. The maximum atomic E-state index is 13.8. The van der Waals surface area contributed by atoms with Gasteiger partial charge in [-0.3, -0.25) is 4.79 Å². The number of carbonyl (C=O) groups excluding carboxylic acids is 2. The van der Waals surface area contributed by atoms with E-state index in [0.717, 1.165) is 28.5 Å². The zero-order valence-corrected chi connectivity index (χ0v) is 22.8. The molecule has 0 aliphatic carbocycles. The van der Waals surface area contributed by atoms with Crippen molar-refractivity contribution >= 4 is 49.2 Å². The third kappa shape index (κ3) is 5.28. The number of amides is 1. The summed E-state index contributed by atoms with van der Waals surface area (Å²) in [7, 11) is 3.15. The van der Waals surface area contributed by atoms with Gasteiger partial charge in [-0.1, -0.05) is 49.7 Å². The number of fused-ring (bicyclic) bond motifs is 2. The summed E-state index contributed by atoms with van der Waals surface area (Å²) in [6.45, 7) is 2.37. The van der Waals surface area contributed by atoms with Gasteiger partial charge in [-0.2, -0.15) is 0 Å². The molecule has 0 aliphatic heterocycles. The number of nitrogens with zero attached hydrogens (tertiary/aromatic N) is 1. The fourth-order valence-electron chi connectivity index (χ4n) is 4.39. The molecule has 5 rings (SSSR count). The highest BCUT2D eigenvalue weighted by molar-refractivity contribution is 7.23. The summed E-state index contributed by atoms with van der Waals surface area (Å²) >= 11 is 1.35. The summed E-state index contributed by atoms with van der Waals surface area (Å²) in [5.74, 6) is 0.377. The highest BCUT2D eigenvalue weighted by Crippen LogP contribution is 2.37. The molecule has 0 aliphatic rings. The average molecular weight is 541 g/mol. The molecule has 198 valence electrons. The Labute approximate surface area is 230 Å². The van der Waals surface area contributed by atoms with Crippen molar-refractivity contribution in [3.8, 4) is 22.8 Å². The number of benzene rings is 3.